The van der Waals surface area contributed by atoms with Crippen molar-refractivity contribution >= 4 is 0 Å². The second kappa shape index (κ2) is 4.52. The van der Waals surface area contributed by atoms with E-state index < -0.39 is 0 Å². The SMILES string of the molecule is Cc1cc(C)c(OCC2CC2)c(C2(C(C)N)CC2)c1. The van der Waals surface area contributed by atoms with Gasteiger partial charge in [-0.05, 0) is 57.9 Å². The highest BCUT2D eigenvalue weighted by Crippen LogP contribution is 2.54. The minimum absolute atomic E-state index is 0.176. The fourth-order valence-corrected chi connectivity index (χ4v) is 3.11. The number of benzene rings is 1. The zero-order valence-electron chi connectivity index (χ0n) is 12.3. The van der Waals surface area contributed by atoms with Crippen LogP contribution in [0.3, 0.4) is 0 Å². The van der Waals surface area contributed by atoms with Crippen LogP contribution in [0, 0.1) is 19.8 Å². The molecule has 1 atom stereocenters. The molecule has 1 aromatic carbocycles. The van der Waals surface area contributed by atoms with E-state index in [2.05, 4.69) is 32.9 Å². The van der Waals surface area contributed by atoms with E-state index in [-0.39, 0.29) is 11.5 Å². The molecule has 2 saturated carbocycles. The van der Waals surface area contributed by atoms with Gasteiger partial charge in [-0.3, -0.25) is 0 Å². The van der Waals surface area contributed by atoms with Crippen LogP contribution in [-0.4, -0.2) is 12.6 Å². The zero-order valence-corrected chi connectivity index (χ0v) is 12.3. The lowest BCUT2D eigenvalue weighted by atomic mass is 9.86. The minimum Gasteiger partial charge on any atom is -0.493 e. The summed E-state index contributed by atoms with van der Waals surface area (Å²) in [6.07, 6.45) is 5.07. The fourth-order valence-electron chi connectivity index (χ4n) is 3.11. The Kier molecular flexibility index (Phi) is 3.09. The molecule has 2 nitrogen and oxygen atoms in total. The summed E-state index contributed by atoms with van der Waals surface area (Å²) in [7, 11) is 0. The molecule has 0 radical (unpaired) electrons. The number of aryl methyl sites for hydroxylation is 2. The van der Waals surface area contributed by atoms with Gasteiger partial charge in [0.2, 0.25) is 0 Å². The van der Waals surface area contributed by atoms with Crippen molar-refractivity contribution in [2.75, 3.05) is 6.61 Å². The van der Waals surface area contributed by atoms with Crippen molar-refractivity contribution < 1.29 is 4.74 Å². The fraction of sp³-hybridized carbons (Fsp3) is 0.647. The van der Waals surface area contributed by atoms with Crippen LogP contribution in [0.15, 0.2) is 12.1 Å². The van der Waals surface area contributed by atoms with Crippen LogP contribution in [0.4, 0.5) is 0 Å². The third kappa shape index (κ3) is 2.38. The standard InChI is InChI=1S/C17H25NO/c1-11-8-12(2)16(19-10-14-4-5-14)15(9-11)17(6-7-17)13(3)18/h8-9,13-14H,4-7,10,18H2,1-3H3. The molecule has 3 rings (SSSR count). The van der Waals surface area contributed by atoms with Crippen molar-refractivity contribution in [2.24, 2.45) is 11.7 Å². The number of ether oxygens (including phenoxy) is 1. The van der Waals surface area contributed by atoms with Crippen molar-refractivity contribution in [3.8, 4) is 5.75 Å². The van der Waals surface area contributed by atoms with Crippen LogP contribution < -0.4 is 10.5 Å². The van der Waals surface area contributed by atoms with E-state index >= 15 is 0 Å². The lowest BCUT2D eigenvalue weighted by Crippen LogP contribution is -2.32. The summed E-state index contributed by atoms with van der Waals surface area (Å²) in [5.41, 5.74) is 10.4. The van der Waals surface area contributed by atoms with Crippen molar-refractivity contribution in [1.29, 1.82) is 0 Å². The Bertz CT molecular complexity index is 484. The lowest BCUT2D eigenvalue weighted by Gasteiger charge is -2.25. The number of hydrogen-bond donors (Lipinski definition) is 1. The molecular formula is C17H25NO. The summed E-state index contributed by atoms with van der Waals surface area (Å²) in [6, 6.07) is 4.73. The number of hydrogen-bond acceptors (Lipinski definition) is 2. The van der Waals surface area contributed by atoms with Gasteiger partial charge in [0.1, 0.15) is 5.75 Å². The van der Waals surface area contributed by atoms with Gasteiger partial charge in [0.05, 0.1) is 6.61 Å². The maximum absolute atomic E-state index is 6.25. The summed E-state index contributed by atoms with van der Waals surface area (Å²) in [5, 5.41) is 0. The van der Waals surface area contributed by atoms with E-state index in [0.29, 0.717) is 0 Å². The first-order valence-corrected chi connectivity index (χ1v) is 7.53. The molecule has 2 N–H and O–H groups in total. The Morgan fingerprint density at radius 2 is 2.00 bits per heavy atom. The Hall–Kier alpha value is -1.02. The van der Waals surface area contributed by atoms with Crippen LogP contribution in [0.1, 0.15) is 49.3 Å². The Labute approximate surface area is 116 Å². The third-order valence-electron chi connectivity index (χ3n) is 4.78. The molecule has 19 heavy (non-hydrogen) atoms. The zero-order chi connectivity index (χ0) is 13.6. The Morgan fingerprint density at radius 3 is 2.53 bits per heavy atom. The maximum Gasteiger partial charge on any atom is 0.126 e. The molecule has 0 heterocycles. The normalized spacial score (nSPS) is 22.1. The predicted molar refractivity (Wildman–Crippen MR) is 78.7 cm³/mol. The summed E-state index contributed by atoms with van der Waals surface area (Å²) in [6.45, 7) is 7.34. The van der Waals surface area contributed by atoms with E-state index in [1.807, 2.05) is 0 Å². The average Bonchev–Trinajstić information content (AvgIpc) is 3.22. The average molecular weight is 259 g/mol. The van der Waals surface area contributed by atoms with Gasteiger partial charge in [0.15, 0.2) is 0 Å². The van der Waals surface area contributed by atoms with Gasteiger partial charge in [-0.2, -0.15) is 0 Å². The second-order valence-electron chi connectivity index (χ2n) is 6.66. The largest absolute Gasteiger partial charge is 0.493 e. The first kappa shape index (κ1) is 13.0. The van der Waals surface area contributed by atoms with Crippen LogP contribution in [0.2, 0.25) is 0 Å². The summed E-state index contributed by atoms with van der Waals surface area (Å²) < 4.78 is 6.17. The molecule has 2 aliphatic rings. The third-order valence-corrected chi connectivity index (χ3v) is 4.78. The molecule has 0 bridgehead atoms. The van der Waals surface area contributed by atoms with Gasteiger partial charge in [-0.25, -0.2) is 0 Å². The number of nitrogens with two attached hydrogens (primary N) is 1. The van der Waals surface area contributed by atoms with Crippen LogP contribution in [-0.2, 0) is 5.41 Å². The quantitative estimate of drug-likeness (QED) is 0.878. The molecule has 2 fully saturated rings. The first-order valence-electron chi connectivity index (χ1n) is 7.53. The van der Waals surface area contributed by atoms with Gasteiger partial charge in [-0.1, -0.05) is 17.7 Å². The Morgan fingerprint density at radius 1 is 1.32 bits per heavy atom. The molecule has 2 heteroatoms. The minimum atomic E-state index is 0.176. The molecule has 1 unspecified atom stereocenters. The highest BCUT2D eigenvalue weighted by Gasteiger charge is 2.49. The number of rotatable bonds is 5. The van der Waals surface area contributed by atoms with E-state index in [1.54, 1.807) is 0 Å². The maximum atomic E-state index is 6.25. The summed E-state index contributed by atoms with van der Waals surface area (Å²) in [4.78, 5) is 0. The molecule has 0 aromatic heterocycles. The summed E-state index contributed by atoms with van der Waals surface area (Å²) in [5.74, 6) is 1.91. The molecule has 104 valence electrons. The highest BCUT2D eigenvalue weighted by molar-refractivity contribution is 5.51. The van der Waals surface area contributed by atoms with Crippen molar-refractivity contribution in [2.45, 2.75) is 57.9 Å². The van der Waals surface area contributed by atoms with E-state index in [1.165, 1.54) is 42.4 Å². The van der Waals surface area contributed by atoms with Gasteiger partial charge < -0.3 is 10.5 Å². The first-order chi connectivity index (χ1) is 9.03. The van der Waals surface area contributed by atoms with Crippen LogP contribution >= 0.6 is 0 Å². The van der Waals surface area contributed by atoms with E-state index in [0.717, 1.165) is 18.3 Å². The van der Waals surface area contributed by atoms with Crippen LogP contribution in [0.5, 0.6) is 5.75 Å². The molecule has 2 aliphatic carbocycles. The molecule has 1 aromatic rings. The van der Waals surface area contributed by atoms with Crippen molar-refractivity contribution in [3.05, 3.63) is 28.8 Å². The van der Waals surface area contributed by atoms with Gasteiger partial charge in [0.25, 0.3) is 0 Å². The van der Waals surface area contributed by atoms with E-state index in [4.69, 9.17) is 10.5 Å². The van der Waals surface area contributed by atoms with Gasteiger partial charge in [0, 0.05) is 17.0 Å². The molecule has 0 saturated heterocycles. The molecular weight excluding hydrogens is 234 g/mol. The topological polar surface area (TPSA) is 35.2 Å². The smallest absolute Gasteiger partial charge is 0.126 e. The molecule has 0 spiro atoms. The molecule has 0 amide bonds. The highest BCUT2D eigenvalue weighted by atomic mass is 16.5. The van der Waals surface area contributed by atoms with Crippen LogP contribution in [0.25, 0.3) is 0 Å². The van der Waals surface area contributed by atoms with Gasteiger partial charge in [-0.15, -0.1) is 0 Å². The Balaban J connectivity index is 1.95. The van der Waals surface area contributed by atoms with E-state index in [9.17, 15) is 0 Å². The lowest BCUT2D eigenvalue weighted by molar-refractivity contribution is 0.290. The molecule has 0 aliphatic heterocycles. The van der Waals surface area contributed by atoms with Crippen molar-refractivity contribution in [3.63, 3.8) is 0 Å². The van der Waals surface area contributed by atoms with Gasteiger partial charge >= 0.3 is 0 Å². The monoisotopic (exact) mass is 259 g/mol. The predicted octanol–water partition coefficient (Wildman–Crippen LogP) is 3.47. The second-order valence-corrected chi connectivity index (χ2v) is 6.66. The summed E-state index contributed by atoms with van der Waals surface area (Å²) >= 11 is 0. The van der Waals surface area contributed by atoms with Crippen molar-refractivity contribution in [1.82, 2.24) is 0 Å².